The second-order valence-electron chi connectivity index (χ2n) is 2.94. The maximum absolute atomic E-state index is 11.1. The lowest BCUT2D eigenvalue weighted by molar-refractivity contribution is -0.123. The van der Waals surface area contributed by atoms with Gasteiger partial charge in [0.2, 0.25) is 0 Å². The topological polar surface area (TPSA) is 86.7 Å². The van der Waals surface area contributed by atoms with Crippen molar-refractivity contribution in [2.24, 2.45) is 0 Å². The first-order valence-electron chi connectivity index (χ1n) is 4.18. The van der Waals surface area contributed by atoms with Crippen molar-refractivity contribution in [2.45, 2.75) is 0 Å². The number of fused-ring (bicyclic) bond motifs is 1. The Labute approximate surface area is 88.8 Å². The lowest BCUT2D eigenvalue weighted by Crippen LogP contribution is -2.05. The van der Waals surface area contributed by atoms with Crippen molar-refractivity contribution in [2.75, 3.05) is 0 Å². The Morgan fingerprint density at radius 2 is 1.88 bits per heavy atom. The van der Waals surface area contributed by atoms with Crippen LogP contribution >= 0.6 is 0 Å². The standard InChI is InChI=1S/C10H4O6/c11-4-15-8(12)5-1-2-6-7(3-5)10(14)16-9(6)13/h1-4H. The van der Waals surface area contributed by atoms with Crippen LogP contribution in [0.4, 0.5) is 0 Å². The van der Waals surface area contributed by atoms with Crippen molar-refractivity contribution < 1.29 is 28.7 Å². The van der Waals surface area contributed by atoms with Crippen molar-refractivity contribution in [3.8, 4) is 0 Å². The lowest BCUT2D eigenvalue weighted by Gasteiger charge is -1.98. The summed E-state index contributed by atoms with van der Waals surface area (Å²) in [6.45, 7) is -0.0148. The average molecular weight is 220 g/mol. The minimum absolute atomic E-state index is 0.00231. The molecule has 0 saturated carbocycles. The molecule has 1 aromatic rings. The summed E-state index contributed by atoms with van der Waals surface area (Å²) in [6, 6.07) is 3.68. The highest BCUT2D eigenvalue weighted by molar-refractivity contribution is 6.15. The van der Waals surface area contributed by atoms with Crippen LogP contribution in [-0.4, -0.2) is 24.4 Å². The summed E-state index contributed by atoms with van der Waals surface area (Å²) in [4.78, 5) is 43.3. The molecule has 0 N–H and O–H groups in total. The first kappa shape index (κ1) is 10.0. The zero-order valence-electron chi connectivity index (χ0n) is 7.76. The summed E-state index contributed by atoms with van der Waals surface area (Å²) < 4.78 is 8.42. The van der Waals surface area contributed by atoms with Crippen molar-refractivity contribution in [3.05, 3.63) is 34.9 Å². The molecule has 1 aromatic carbocycles. The third-order valence-electron chi connectivity index (χ3n) is 2.04. The van der Waals surface area contributed by atoms with E-state index in [0.29, 0.717) is 0 Å². The van der Waals surface area contributed by atoms with E-state index in [2.05, 4.69) is 9.47 Å². The highest BCUT2D eigenvalue weighted by atomic mass is 16.6. The van der Waals surface area contributed by atoms with E-state index in [-0.39, 0.29) is 23.2 Å². The molecule has 0 aliphatic carbocycles. The molecule has 0 spiro atoms. The molecule has 0 aromatic heterocycles. The third-order valence-corrected chi connectivity index (χ3v) is 2.04. The van der Waals surface area contributed by atoms with Crippen LogP contribution in [0.1, 0.15) is 31.1 Å². The van der Waals surface area contributed by atoms with E-state index in [1.54, 1.807) is 0 Å². The average Bonchev–Trinajstić information content (AvgIpc) is 2.55. The van der Waals surface area contributed by atoms with Gasteiger partial charge in [0, 0.05) is 0 Å². The first-order valence-corrected chi connectivity index (χ1v) is 4.18. The molecule has 0 saturated heterocycles. The molecule has 0 radical (unpaired) electrons. The van der Waals surface area contributed by atoms with Gasteiger partial charge in [-0.15, -0.1) is 0 Å². The molecule has 6 heteroatoms. The molecular formula is C10H4O6. The summed E-state index contributed by atoms with van der Waals surface area (Å²) in [7, 11) is 0. The predicted octanol–water partition coefficient (Wildman–Crippen LogP) is 0.310. The molecule has 16 heavy (non-hydrogen) atoms. The Bertz CT molecular complexity index is 516. The van der Waals surface area contributed by atoms with Gasteiger partial charge in [-0.25, -0.2) is 14.4 Å². The molecular weight excluding hydrogens is 216 g/mol. The normalized spacial score (nSPS) is 13.0. The number of benzene rings is 1. The molecule has 1 aliphatic rings. The van der Waals surface area contributed by atoms with Crippen LogP contribution in [0.2, 0.25) is 0 Å². The van der Waals surface area contributed by atoms with Crippen LogP contribution in [0.15, 0.2) is 18.2 Å². The minimum Gasteiger partial charge on any atom is -0.392 e. The number of hydrogen-bond acceptors (Lipinski definition) is 6. The molecule has 1 heterocycles. The minimum atomic E-state index is -0.898. The Morgan fingerprint density at radius 1 is 1.19 bits per heavy atom. The number of hydrogen-bond donors (Lipinski definition) is 0. The molecule has 1 aliphatic heterocycles. The molecule has 0 bridgehead atoms. The fourth-order valence-corrected chi connectivity index (χ4v) is 1.32. The number of carbonyl (C=O) groups excluding carboxylic acids is 4. The second-order valence-corrected chi connectivity index (χ2v) is 2.94. The van der Waals surface area contributed by atoms with Gasteiger partial charge in [0.25, 0.3) is 0 Å². The van der Waals surface area contributed by atoms with E-state index < -0.39 is 17.9 Å². The number of rotatable bonds is 2. The van der Waals surface area contributed by atoms with Crippen LogP contribution in [0, 0.1) is 0 Å². The van der Waals surface area contributed by atoms with E-state index in [1.807, 2.05) is 0 Å². The van der Waals surface area contributed by atoms with Gasteiger partial charge in [0.1, 0.15) is 0 Å². The Morgan fingerprint density at radius 3 is 2.56 bits per heavy atom. The van der Waals surface area contributed by atoms with E-state index >= 15 is 0 Å². The maximum atomic E-state index is 11.1. The van der Waals surface area contributed by atoms with Gasteiger partial charge >= 0.3 is 24.4 Å². The fourth-order valence-electron chi connectivity index (χ4n) is 1.32. The molecule has 0 atom stereocenters. The Balaban J connectivity index is 2.44. The number of esters is 3. The van der Waals surface area contributed by atoms with E-state index in [0.717, 1.165) is 6.07 Å². The van der Waals surface area contributed by atoms with E-state index in [1.165, 1.54) is 12.1 Å². The first-order chi connectivity index (χ1) is 7.63. The zero-order chi connectivity index (χ0) is 11.7. The molecule has 0 unspecified atom stereocenters. The lowest BCUT2D eigenvalue weighted by atomic mass is 10.1. The zero-order valence-corrected chi connectivity index (χ0v) is 7.76. The smallest absolute Gasteiger partial charge is 0.346 e. The summed E-state index contributed by atoms with van der Waals surface area (Å²) in [5.74, 6) is -2.47. The number of ether oxygens (including phenoxy) is 2. The van der Waals surface area contributed by atoms with Crippen LogP contribution in [-0.2, 0) is 14.3 Å². The van der Waals surface area contributed by atoms with Gasteiger partial charge in [-0.3, -0.25) is 4.79 Å². The fraction of sp³-hybridized carbons (Fsp3) is 0. The third kappa shape index (κ3) is 1.46. The largest absolute Gasteiger partial charge is 0.392 e. The predicted molar refractivity (Wildman–Crippen MR) is 47.7 cm³/mol. The van der Waals surface area contributed by atoms with Crippen molar-refractivity contribution >= 4 is 24.4 Å². The molecule has 6 nitrogen and oxygen atoms in total. The monoisotopic (exact) mass is 220 g/mol. The highest BCUT2D eigenvalue weighted by Crippen LogP contribution is 2.21. The second kappa shape index (κ2) is 3.58. The molecule has 2 rings (SSSR count). The van der Waals surface area contributed by atoms with Crippen LogP contribution < -0.4 is 0 Å². The molecule has 80 valence electrons. The van der Waals surface area contributed by atoms with Crippen LogP contribution in [0.3, 0.4) is 0 Å². The van der Waals surface area contributed by atoms with Gasteiger partial charge < -0.3 is 9.47 Å². The van der Waals surface area contributed by atoms with Gasteiger partial charge in [-0.05, 0) is 18.2 Å². The number of cyclic esters (lactones) is 2. The Kier molecular flexibility index (Phi) is 2.24. The summed E-state index contributed by atoms with van der Waals surface area (Å²) in [5, 5.41) is 0. The summed E-state index contributed by atoms with van der Waals surface area (Å²) in [5.41, 5.74) is 0.0792. The van der Waals surface area contributed by atoms with Gasteiger partial charge in [-0.2, -0.15) is 0 Å². The van der Waals surface area contributed by atoms with E-state index in [4.69, 9.17) is 0 Å². The van der Waals surface area contributed by atoms with Crippen molar-refractivity contribution in [1.29, 1.82) is 0 Å². The Hall–Kier alpha value is -2.50. The van der Waals surface area contributed by atoms with Gasteiger partial charge in [0.05, 0.1) is 16.7 Å². The van der Waals surface area contributed by atoms with Crippen LogP contribution in [0.5, 0.6) is 0 Å². The van der Waals surface area contributed by atoms with E-state index in [9.17, 15) is 19.2 Å². The maximum Gasteiger partial charge on any atom is 0.346 e. The van der Waals surface area contributed by atoms with Crippen molar-refractivity contribution in [1.82, 2.24) is 0 Å². The molecule has 0 fully saturated rings. The highest BCUT2D eigenvalue weighted by Gasteiger charge is 2.30. The van der Waals surface area contributed by atoms with Gasteiger partial charge in [-0.1, -0.05) is 0 Å². The summed E-state index contributed by atoms with van der Waals surface area (Å²) in [6.07, 6.45) is 0. The quantitative estimate of drug-likeness (QED) is 0.405. The number of carbonyl (C=O) groups is 4. The summed E-state index contributed by atoms with van der Waals surface area (Å²) >= 11 is 0. The van der Waals surface area contributed by atoms with Crippen molar-refractivity contribution in [3.63, 3.8) is 0 Å². The SMILES string of the molecule is O=COC(=O)c1ccc2c(c1)C(=O)OC2=O. The van der Waals surface area contributed by atoms with Gasteiger partial charge in [0.15, 0.2) is 0 Å². The van der Waals surface area contributed by atoms with Crippen LogP contribution in [0.25, 0.3) is 0 Å². The molecule has 0 amide bonds.